The number of thiophene rings is 1. The molecule has 0 fully saturated rings. The van der Waals surface area contributed by atoms with Gasteiger partial charge < -0.3 is 5.73 Å². The molecule has 29 heavy (non-hydrogen) atoms. The van der Waals surface area contributed by atoms with Crippen molar-refractivity contribution in [1.29, 1.82) is 0 Å². The van der Waals surface area contributed by atoms with Crippen LogP contribution >= 0.6 is 11.3 Å². The number of nitrogens with zero attached hydrogens (tertiary/aromatic N) is 2. The van der Waals surface area contributed by atoms with E-state index in [-0.39, 0.29) is 37.6 Å². The zero-order valence-corrected chi connectivity index (χ0v) is 15.6. The second-order valence-corrected chi connectivity index (χ2v) is 6.88. The number of aliphatic imine (C=N–C) groups is 1. The monoisotopic (exact) mass is 419 g/mol. The molecular weight excluding hydrogens is 406 g/mol. The van der Waals surface area contributed by atoms with Crippen molar-refractivity contribution in [2.24, 2.45) is 4.99 Å². The summed E-state index contributed by atoms with van der Waals surface area (Å²) in [5.41, 5.74) is 4.88. The van der Waals surface area contributed by atoms with Gasteiger partial charge in [0.15, 0.2) is 0 Å². The summed E-state index contributed by atoms with van der Waals surface area (Å²) in [6, 6.07) is 5.46. The Kier molecular flexibility index (Phi) is 5.34. The fourth-order valence-electron chi connectivity index (χ4n) is 2.72. The van der Waals surface area contributed by atoms with Gasteiger partial charge in [-0.3, -0.25) is 9.79 Å². The summed E-state index contributed by atoms with van der Waals surface area (Å²) in [7, 11) is 0. The number of carbonyl (C=O) groups excluding carboxylic acids is 1. The molecule has 1 aromatic carbocycles. The molecular formula is C20H13F4N3OS. The van der Waals surface area contributed by atoms with E-state index in [0.717, 1.165) is 29.5 Å². The topological polar surface area (TPSA) is 68.3 Å². The predicted molar refractivity (Wildman–Crippen MR) is 107 cm³/mol. The molecule has 2 N–H and O–H groups in total. The van der Waals surface area contributed by atoms with E-state index in [9.17, 15) is 22.4 Å². The Morgan fingerprint density at radius 3 is 2.45 bits per heavy atom. The highest BCUT2D eigenvalue weighted by atomic mass is 32.1. The summed E-state index contributed by atoms with van der Waals surface area (Å²) < 4.78 is 54.3. The molecule has 2 heterocycles. The maximum atomic E-state index is 13.7. The average Bonchev–Trinajstić information content (AvgIpc) is 3.01. The summed E-state index contributed by atoms with van der Waals surface area (Å²) in [6.07, 6.45) is -2.22. The molecule has 0 saturated heterocycles. The maximum Gasteiger partial charge on any atom is 0.417 e. The molecule has 9 heteroatoms. The van der Waals surface area contributed by atoms with Gasteiger partial charge in [0.05, 0.1) is 16.9 Å². The summed E-state index contributed by atoms with van der Waals surface area (Å²) >= 11 is 0.734. The minimum absolute atomic E-state index is 0.0331. The van der Waals surface area contributed by atoms with Crippen LogP contribution in [-0.4, -0.2) is 17.5 Å². The number of pyridine rings is 1. The van der Waals surface area contributed by atoms with Crippen molar-refractivity contribution in [3.05, 3.63) is 76.7 Å². The molecule has 0 aliphatic heterocycles. The molecule has 4 nitrogen and oxygen atoms in total. The molecule has 0 aliphatic carbocycles. The Bertz CT molecular complexity index is 1160. The van der Waals surface area contributed by atoms with Gasteiger partial charge >= 0.3 is 6.18 Å². The van der Waals surface area contributed by atoms with Gasteiger partial charge in [0, 0.05) is 22.7 Å². The van der Waals surface area contributed by atoms with E-state index >= 15 is 0 Å². The van der Waals surface area contributed by atoms with E-state index in [2.05, 4.69) is 23.3 Å². The van der Waals surface area contributed by atoms with Gasteiger partial charge in [0.1, 0.15) is 15.5 Å². The molecule has 0 atom stereocenters. The smallest absolute Gasteiger partial charge is 0.397 e. The molecule has 0 aliphatic rings. The maximum absolute atomic E-state index is 13.7. The highest BCUT2D eigenvalue weighted by Gasteiger charge is 2.36. The van der Waals surface area contributed by atoms with E-state index < -0.39 is 23.3 Å². The minimum Gasteiger partial charge on any atom is -0.397 e. The van der Waals surface area contributed by atoms with Gasteiger partial charge in [-0.05, 0) is 37.0 Å². The van der Waals surface area contributed by atoms with E-state index in [1.807, 2.05) is 0 Å². The first-order valence-corrected chi connectivity index (χ1v) is 8.88. The highest BCUT2D eigenvalue weighted by Crippen LogP contribution is 2.43. The summed E-state index contributed by atoms with van der Waals surface area (Å²) in [5.74, 6) is -1.16. The molecule has 148 valence electrons. The first kappa shape index (κ1) is 20.4. The molecule has 3 aromatic rings. The van der Waals surface area contributed by atoms with Crippen LogP contribution < -0.4 is 5.73 Å². The number of benzene rings is 1. The summed E-state index contributed by atoms with van der Waals surface area (Å²) in [6.45, 7) is 6.82. The summed E-state index contributed by atoms with van der Waals surface area (Å²) in [5, 5.41) is -0.355. The molecule has 0 saturated carbocycles. The average molecular weight is 419 g/mol. The second-order valence-electron chi connectivity index (χ2n) is 5.88. The van der Waals surface area contributed by atoms with Gasteiger partial charge in [-0.1, -0.05) is 12.7 Å². The largest absolute Gasteiger partial charge is 0.417 e. The zero-order chi connectivity index (χ0) is 21.3. The third-order valence-electron chi connectivity index (χ3n) is 4.06. The van der Waals surface area contributed by atoms with Crippen LogP contribution in [0.25, 0.3) is 15.8 Å². The van der Waals surface area contributed by atoms with Crippen LogP contribution in [0.15, 0.2) is 54.2 Å². The second kappa shape index (κ2) is 7.59. The molecule has 0 unspecified atom stereocenters. The van der Waals surface area contributed by atoms with Crippen LogP contribution in [0.1, 0.15) is 26.5 Å². The third kappa shape index (κ3) is 3.81. The number of hydrogen-bond donors (Lipinski definition) is 1. The number of allylic oxidation sites excluding steroid dienone is 2. The van der Waals surface area contributed by atoms with Crippen LogP contribution in [0.3, 0.4) is 0 Å². The fraction of sp³-hybridized carbons (Fsp3) is 0.0500. The lowest BCUT2D eigenvalue weighted by Gasteiger charge is -2.11. The number of nitrogens with two attached hydrogens (primary N) is 1. The quantitative estimate of drug-likeness (QED) is 0.257. The third-order valence-corrected chi connectivity index (χ3v) is 5.16. The predicted octanol–water partition coefficient (Wildman–Crippen LogP) is 5.49. The van der Waals surface area contributed by atoms with Crippen molar-refractivity contribution in [2.75, 3.05) is 5.73 Å². The Labute approximate surface area is 166 Å². The van der Waals surface area contributed by atoms with Crippen LogP contribution in [0.5, 0.6) is 0 Å². The number of fused-ring (bicyclic) bond motifs is 1. The van der Waals surface area contributed by atoms with Crippen molar-refractivity contribution >= 4 is 45.3 Å². The molecule has 0 radical (unpaired) electrons. The lowest BCUT2D eigenvalue weighted by molar-refractivity contribution is -0.136. The Balaban J connectivity index is 2.28. The number of alkyl halides is 3. The van der Waals surface area contributed by atoms with Crippen LogP contribution in [-0.2, 0) is 6.18 Å². The van der Waals surface area contributed by atoms with E-state index in [1.54, 1.807) is 0 Å². The van der Waals surface area contributed by atoms with Gasteiger partial charge in [0.25, 0.3) is 0 Å². The lowest BCUT2D eigenvalue weighted by Crippen LogP contribution is -2.09. The number of halogens is 4. The Morgan fingerprint density at radius 1 is 1.24 bits per heavy atom. The van der Waals surface area contributed by atoms with Crippen molar-refractivity contribution in [3.8, 4) is 0 Å². The van der Waals surface area contributed by atoms with Gasteiger partial charge in [-0.2, -0.15) is 13.2 Å². The molecule has 0 spiro atoms. The number of ketones is 1. The highest BCUT2D eigenvalue weighted by molar-refractivity contribution is 7.21. The number of aromatic nitrogens is 1. The molecule has 0 bridgehead atoms. The van der Waals surface area contributed by atoms with Crippen molar-refractivity contribution in [2.45, 2.75) is 6.18 Å². The van der Waals surface area contributed by atoms with Gasteiger partial charge in [-0.25, -0.2) is 9.37 Å². The number of hydrogen-bond acceptors (Lipinski definition) is 5. The van der Waals surface area contributed by atoms with Crippen molar-refractivity contribution < 1.29 is 22.4 Å². The molecule has 2 aromatic heterocycles. The number of carbonyl (C=O) groups is 1. The number of nitrogen functional groups attached to an aromatic ring is 1. The number of anilines is 1. The Morgan fingerprint density at radius 2 is 1.90 bits per heavy atom. The molecule has 3 rings (SSSR count). The van der Waals surface area contributed by atoms with Gasteiger partial charge in [-0.15, -0.1) is 11.3 Å². The van der Waals surface area contributed by atoms with Crippen LogP contribution in [0.4, 0.5) is 23.2 Å². The van der Waals surface area contributed by atoms with E-state index in [4.69, 9.17) is 5.73 Å². The van der Waals surface area contributed by atoms with Crippen molar-refractivity contribution in [3.63, 3.8) is 0 Å². The van der Waals surface area contributed by atoms with E-state index in [1.165, 1.54) is 24.4 Å². The standard InChI is InChI=1S/C20H13F4N3OS/c1-3-10(9-26-2)14-8-13(20(22,23)24)15-16(25)18(29-19(15)27-14)17(28)11-4-6-12(21)7-5-11/h3-9H,1-2,25H2/b10-9+. The van der Waals surface area contributed by atoms with Gasteiger partial charge in [0.2, 0.25) is 5.78 Å². The van der Waals surface area contributed by atoms with Crippen LogP contribution in [0.2, 0.25) is 0 Å². The zero-order valence-electron chi connectivity index (χ0n) is 14.8. The SMILES string of the molecule is C=C/C(=C\N=C)c1cc(C(F)(F)F)c2c(N)c(C(=O)c3ccc(F)cc3)sc2n1. The van der Waals surface area contributed by atoms with Crippen LogP contribution in [0, 0.1) is 5.82 Å². The summed E-state index contributed by atoms with van der Waals surface area (Å²) in [4.78, 5) is 20.3. The minimum atomic E-state index is -4.74. The first-order valence-electron chi connectivity index (χ1n) is 8.06. The van der Waals surface area contributed by atoms with E-state index in [0.29, 0.717) is 0 Å². The lowest BCUT2D eigenvalue weighted by atomic mass is 10.0. The molecule has 0 amide bonds. The van der Waals surface area contributed by atoms with Crippen molar-refractivity contribution in [1.82, 2.24) is 4.98 Å². The number of rotatable bonds is 5. The fourth-order valence-corrected chi connectivity index (χ4v) is 3.80. The normalized spacial score (nSPS) is 12.2. The first-order chi connectivity index (χ1) is 13.7. The Hall–Kier alpha value is -3.33.